The fourth-order valence-electron chi connectivity index (χ4n) is 2.08. The molecule has 1 unspecified atom stereocenters. The van der Waals surface area contributed by atoms with Gasteiger partial charge in [0, 0.05) is 5.75 Å². The molecule has 0 radical (unpaired) electrons. The van der Waals surface area contributed by atoms with E-state index in [0.29, 0.717) is 5.92 Å². The summed E-state index contributed by atoms with van der Waals surface area (Å²) >= 11 is 4.30. The largest absolute Gasteiger partial charge is 0.111 e. The van der Waals surface area contributed by atoms with Crippen molar-refractivity contribution in [3.63, 3.8) is 0 Å². The zero-order valence-corrected chi connectivity index (χ0v) is 13.3. The predicted octanol–water partition coefficient (Wildman–Crippen LogP) is 5.58. The molecule has 1 aromatic rings. The Labute approximate surface area is 115 Å². The molecular formula is C15H24S2. The van der Waals surface area contributed by atoms with Gasteiger partial charge in [-0.25, -0.2) is 0 Å². The van der Waals surface area contributed by atoms with Crippen LogP contribution in [0.3, 0.4) is 0 Å². The Hall–Kier alpha value is -0.0800. The molecule has 0 heterocycles. The SMILES string of the molecule is CCC(C)c1ccc(C(C)(C)C)c(CSS)c1. The normalized spacial score (nSPS) is 13.8. The molecule has 0 N–H and O–H groups in total. The minimum atomic E-state index is 0.215. The Balaban J connectivity index is 3.17. The van der Waals surface area contributed by atoms with Crippen LogP contribution in [0.4, 0.5) is 0 Å². The van der Waals surface area contributed by atoms with E-state index in [-0.39, 0.29) is 5.41 Å². The summed E-state index contributed by atoms with van der Waals surface area (Å²) in [4.78, 5) is 0. The standard InChI is InChI=1S/C15H24S2/c1-6-11(2)12-7-8-14(15(3,4)5)13(9-12)10-17-16/h7-9,11,16H,6,10H2,1-5H3. The zero-order chi connectivity index (χ0) is 13.1. The van der Waals surface area contributed by atoms with E-state index in [1.54, 1.807) is 10.8 Å². The highest BCUT2D eigenvalue weighted by Gasteiger charge is 2.18. The molecule has 0 saturated carbocycles. The van der Waals surface area contributed by atoms with Crippen LogP contribution < -0.4 is 0 Å². The number of hydrogen-bond acceptors (Lipinski definition) is 2. The molecule has 96 valence electrons. The van der Waals surface area contributed by atoms with E-state index in [4.69, 9.17) is 0 Å². The summed E-state index contributed by atoms with van der Waals surface area (Å²) in [6, 6.07) is 6.97. The van der Waals surface area contributed by atoms with Crippen molar-refractivity contribution in [1.29, 1.82) is 0 Å². The van der Waals surface area contributed by atoms with Gasteiger partial charge >= 0.3 is 0 Å². The van der Waals surface area contributed by atoms with Crippen molar-refractivity contribution in [1.82, 2.24) is 0 Å². The lowest BCUT2D eigenvalue weighted by molar-refractivity contribution is 0.584. The van der Waals surface area contributed by atoms with Crippen LogP contribution in [-0.2, 0) is 11.2 Å². The summed E-state index contributed by atoms with van der Waals surface area (Å²) in [7, 11) is 1.61. The molecule has 0 bridgehead atoms. The predicted molar refractivity (Wildman–Crippen MR) is 84.1 cm³/mol. The molecule has 0 fully saturated rings. The Bertz CT molecular complexity index is 364. The van der Waals surface area contributed by atoms with E-state index < -0.39 is 0 Å². The average Bonchev–Trinajstić information content (AvgIpc) is 2.27. The number of hydrogen-bond donors (Lipinski definition) is 1. The van der Waals surface area contributed by atoms with Crippen LogP contribution >= 0.6 is 22.5 Å². The minimum Gasteiger partial charge on any atom is -0.111 e. The van der Waals surface area contributed by atoms with Crippen LogP contribution in [0, 0.1) is 0 Å². The van der Waals surface area contributed by atoms with Gasteiger partial charge in [-0.2, -0.15) is 0 Å². The molecule has 0 saturated heterocycles. The third-order valence-electron chi connectivity index (χ3n) is 3.34. The zero-order valence-electron chi connectivity index (χ0n) is 11.6. The second kappa shape index (κ2) is 6.19. The van der Waals surface area contributed by atoms with E-state index in [2.05, 4.69) is 64.5 Å². The molecule has 0 amide bonds. The summed E-state index contributed by atoms with van der Waals surface area (Å²) < 4.78 is 0. The molecule has 1 atom stereocenters. The highest BCUT2D eigenvalue weighted by Crippen LogP contribution is 2.32. The molecule has 1 aromatic carbocycles. The van der Waals surface area contributed by atoms with Crippen LogP contribution in [0.15, 0.2) is 18.2 Å². The van der Waals surface area contributed by atoms with E-state index in [1.165, 1.54) is 23.1 Å². The maximum absolute atomic E-state index is 4.30. The summed E-state index contributed by atoms with van der Waals surface area (Å²) in [5, 5.41) is 0. The van der Waals surface area contributed by atoms with Gasteiger partial charge in [0.1, 0.15) is 0 Å². The Kier molecular flexibility index (Phi) is 5.46. The topological polar surface area (TPSA) is 0 Å². The van der Waals surface area contributed by atoms with Gasteiger partial charge in [0.05, 0.1) is 0 Å². The highest BCUT2D eigenvalue weighted by molar-refractivity contribution is 8.68. The van der Waals surface area contributed by atoms with E-state index in [9.17, 15) is 0 Å². The number of benzene rings is 1. The molecular weight excluding hydrogens is 244 g/mol. The third kappa shape index (κ3) is 3.96. The van der Waals surface area contributed by atoms with Crippen molar-refractivity contribution in [2.24, 2.45) is 0 Å². The van der Waals surface area contributed by atoms with E-state index in [1.807, 2.05) is 0 Å². The summed E-state index contributed by atoms with van der Waals surface area (Å²) in [5.74, 6) is 1.63. The quantitative estimate of drug-likeness (QED) is 0.550. The molecule has 0 nitrogen and oxygen atoms in total. The fraction of sp³-hybridized carbons (Fsp3) is 0.600. The maximum atomic E-state index is 4.30. The first-order valence-electron chi connectivity index (χ1n) is 6.29. The lowest BCUT2D eigenvalue weighted by Crippen LogP contribution is -2.14. The maximum Gasteiger partial charge on any atom is 0.0289 e. The van der Waals surface area contributed by atoms with Crippen LogP contribution in [0.25, 0.3) is 0 Å². The van der Waals surface area contributed by atoms with E-state index >= 15 is 0 Å². The van der Waals surface area contributed by atoms with Crippen LogP contribution in [0.5, 0.6) is 0 Å². The molecule has 0 spiro atoms. The van der Waals surface area contributed by atoms with Gasteiger partial charge in [-0.05, 0) is 34.4 Å². The van der Waals surface area contributed by atoms with Gasteiger partial charge in [0.15, 0.2) is 0 Å². The first-order valence-corrected chi connectivity index (χ1v) is 8.33. The molecule has 0 aliphatic heterocycles. The molecule has 0 aromatic heterocycles. The van der Waals surface area contributed by atoms with Crippen molar-refractivity contribution in [3.8, 4) is 0 Å². The second-order valence-corrected chi connectivity index (χ2v) is 7.07. The number of rotatable bonds is 4. The first kappa shape index (κ1) is 15.0. The van der Waals surface area contributed by atoms with Gasteiger partial charge in [-0.3, -0.25) is 0 Å². The van der Waals surface area contributed by atoms with Crippen LogP contribution in [0.1, 0.15) is 63.6 Å². The Morgan fingerprint density at radius 1 is 1.29 bits per heavy atom. The summed E-state index contributed by atoms with van der Waals surface area (Å²) in [5.41, 5.74) is 4.56. The van der Waals surface area contributed by atoms with Crippen molar-refractivity contribution in [3.05, 3.63) is 34.9 Å². The molecule has 0 aliphatic carbocycles. The first-order chi connectivity index (χ1) is 7.90. The van der Waals surface area contributed by atoms with Gasteiger partial charge in [0.25, 0.3) is 0 Å². The molecule has 0 aliphatic rings. The van der Waals surface area contributed by atoms with Crippen molar-refractivity contribution < 1.29 is 0 Å². The Morgan fingerprint density at radius 3 is 2.41 bits per heavy atom. The van der Waals surface area contributed by atoms with Gasteiger partial charge in [-0.15, -0.1) is 11.7 Å². The minimum absolute atomic E-state index is 0.215. The fourth-order valence-corrected chi connectivity index (χ4v) is 2.87. The molecule has 1 rings (SSSR count). The van der Waals surface area contributed by atoms with Crippen LogP contribution in [-0.4, -0.2) is 0 Å². The monoisotopic (exact) mass is 268 g/mol. The molecule has 2 heteroatoms. The second-order valence-electron chi connectivity index (χ2n) is 5.75. The van der Waals surface area contributed by atoms with Gasteiger partial charge in [0.2, 0.25) is 0 Å². The van der Waals surface area contributed by atoms with Crippen LogP contribution in [0.2, 0.25) is 0 Å². The number of thiol groups is 1. The average molecular weight is 268 g/mol. The lowest BCUT2D eigenvalue weighted by Gasteiger charge is -2.24. The van der Waals surface area contributed by atoms with E-state index in [0.717, 1.165) is 5.75 Å². The Morgan fingerprint density at radius 2 is 1.94 bits per heavy atom. The molecule has 17 heavy (non-hydrogen) atoms. The summed E-state index contributed by atoms with van der Waals surface area (Å²) in [6.07, 6.45) is 1.20. The van der Waals surface area contributed by atoms with Gasteiger partial charge in [-0.1, -0.05) is 63.6 Å². The highest BCUT2D eigenvalue weighted by atomic mass is 33.1. The smallest absolute Gasteiger partial charge is 0.0289 e. The van der Waals surface area contributed by atoms with Crippen molar-refractivity contribution in [2.45, 2.75) is 58.1 Å². The van der Waals surface area contributed by atoms with Crippen molar-refractivity contribution >= 4 is 22.5 Å². The lowest BCUT2D eigenvalue weighted by atomic mass is 9.82. The third-order valence-corrected chi connectivity index (χ3v) is 4.17. The van der Waals surface area contributed by atoms with Crippen molar-refractivity contribution in [2.75, 3.05) is 0 Å². The van der Waals surface area contributed by atoms with Gasteiger partial charge < -0.3 is 0 Å². The summed E-state index contributed by atoms with van der Waals surface area (Å²) in [6.45, 7) is 11.4.